The summed E-state index contributed by atoms with van der Waals surface area (Å²) >= 11 is 0. The zero-order chi connectivity index (χ0) is 17.7. The van der Waals surface area contributed by atoms with Crippen LogP contribution in [0.5, 0.6) is 0 Å². The van der Waals surface area contributed by atoms with Crippen LogP contribution >= 0.6 is 8.53 Å². The van der Waals surface area contributed by atoms with Gasteiger partial charge in [0.15, 0.2) is 0 Å². The second-order valence-corrected chi connectivity index (χ2v) is 7.32. The van der Waals surface area contributed by atoms with Crippen molar-refractivity contribution in [3.8, 4) is 6.07 Å². The van der Waals surface area contributed by atoms with Gasteiger partial charge in [0.2, 0.25) is 5.91 Å². The molecule has 0 saturated heterocycles. The molecule has 0 aromatic heterocycles. The largest absolute Gasteiger partial charge is 0.359 e. The summed E-state index contributed by atoms with van der Waals surface area (Å²) in [5, 5.41) is 11.3. The Balaban J connectivity index is 4.25. The Bertz CT molecular complexity index is 351. The van der Waals surface area contributed by atoms with Crippen LogP contribution in [-0.2, 0) is 13.8 Å². The van der Waals surface area contributed by atoms with E-state index in [1.165, 1.54) is 0 Å². The van der Waals surface area contributed by atoms with E-state index >= 15 is 0 Å². The van der Waals surface area contributed by atoms with Gasteiger partial charge in [-0.25, -0.2) is 4.67 Å². The number of nitrogens with one attached hydrogen (secondary N) is 1. The van der Waals surface area contributed by atoms with Crippen molar-refractivity contribution < 1.29 is 13.8 Å². The van der Waals surface area contributed by atoms with Crippen molar-refractivity contribution in [3.63, 3.8) is 0 Å². The number of hydrogen-bond donors (Lipinski definition) is 1. The van der Waals surface area contributed by atoms with Crippen LogP contribution in [0, 0.1) is 11.3 Å². The molecule has 0 aromatic carbocycles. The maximum Gasteiger partial charge on any atom is 0.259 e. The second-order valence-electron chi connectivity index (χ2n) is 5.86. The average molecular weight is 345 g/mol. The summed E-state index contributed by atoms with van der Waals surface area (Å²) in [6.45, 7) is 9.49. The molecule has 134 valence electrons. The Morgan fingerprint density at radius 3 is 2.26 bits per heavy atom. The first-order valence-electron chi connectivity index (χ1n) is 8.35. The van der Waals surface area contributed by atoms with Gasteiger partial charge in [-0.3, -0.25) is 4.79 Å². The minimum atomic E-state index is -1.15. The highest BCUT2D eigenvalue weighted by atomic mass is 31.2. The topological polar surface area (TPSA) is 74.6 Å². The van der Waals surface area contributed by atoms with Crippen LogP contribution in [-0.4, -0.2) is 42.9 Å². The first kappa shape index (κ1) is 22.3. The first-order valence-corrected chi connectivity index (χ1v) is 9.48. The number of rotatable bonds is 13. The van der Waals surface area contributed by atoms with Gasteiger partial charge in [0, 0.05) is 25.6 Å². The van der Waals surface area contributed by atoms with E-state index in [-0.39, 0.29) is 5.91 Å². The highest BCUT2D eigenvalue weighted by molar-refractivity contribution is 7.44. The van der Waals surface area contributed by atoms with Crippen LogP contribution in [0.15, 0.2) is 0 Å². The van der Waals surface area contributed by atoms with Crippen LogP contribution < -0.4 is 5.32 Å². The van der Waals surface area contributed by atoms with Gasteiger partial charge in [-0.05, 0) is 40.5 Å². The van der Waals surface area contributed by atoms with Crippen molar-refractivity contribution >= 4 is 14.4 Å². The Morgan fingerprint density at radius 2 is 1.74 bits per heavy atom. The van der Waals surface area contributed by atoms with Crippen LogP contribution in [0.3, 0.4) is 0 Å². The molecule has 0 aromatic rings. The lowest BCUT2D eigenvalue weighted by Gasteiger charge is -2.35. The monoisotopic (exact) mass is 345 g/mol. The highest BCUT2D eigenvalue weighted by Gasteiger charge is 2.26. The molecule has 7 heteroatoms. The highest BCUT2D eigenvalue weighted by Crippen LogP contribution is 2.46. The van der Waals surface area contributed by atoms with Gasteiger partial charge in [0.1, 0.15) is 0 Å². The lowest BCUT2D eigenvalue weighted by atomic mass is 10.2. The number of nitriles is 1. The molecule has 0 bridgehead atoms. The third-order valence-corrected chi connectivity index (χ3v) is 5.30. The molecule has 0 aliphatic carbocycles. The molecular formula is C16H32N3O3P. The maximum atomic E-state index is 11.1. The van der Waals surface area contributed by atoms with E-state index in [9.17, 15) is 4.79 Å². The number of carbonyl (C=O) groups is 1. The molecule has 0 aliphatic heterocycles. The molecule has 1 N–H and O–H groups in total. The van der Waals surface area contributed by atoms with E-state index in [0.29, 0.717) is 38.1 Å². The Hall–Kier alpha value is -0.730. The molecule has 1 unspecified atom stereocenters. The Morgan fingerprint density at radius 1 is 1.13 bits per heavy atom. The summed E-state index contributed by atoms with van der Waals surface area (Å²) in [7, 11) is 0.508. The molecule has 0 aliphatic rings. The van der Waals surface area contributed by atoms with Crippen LogP contribution in [0.1, 0.15) is 59.8 Å². The van der Waals surface area contributed by atoms with Gasteiger partial charge in [-0.15, -0.1) is 0 Å². The summed E-state index contributed by atoms with van der Waals surface area (Å²) in [6, 6.07) is 2.73. The molecule has 1 amide bonds. The molecule has 0 fully saturated rings. The van der Waals surface area contributed by atoms with Crippen molar-refractivity contribution in [2.24, 2.45) is 0 Å². The number of hydrogen-bond acceptors (Lipinski definition) is 5. The van der Waals surface area contributed by atoms with Gasteiger partial charge in [0.05, 0.1) is 25.7 Å². The predicted octanol–water partition coefficient (Wildman–Crippen LogP) is 3.59. The minimum absolute atomic E-state index is 0.0822. The molecule has 0 radical (unpaired) electrons. The van der Waals surface area contributed by atoms with Gasteiger partial charge < -0.3 is 14.4 Å². The summed E-state index contributed by atoms with van der Waals surface area (Å²) in [6.07, 6.45) is 3.67. The fourth-order valence-electron chi connectivity index (χ4n) is 2.15. The van der Waals surface area contributed by atoms with Crippen LogP contribution in [0.4, 0.5) is 0 Å². The summed E-state index contributed by atoms with van der Waals surface area (Å²) in [5.41, 5.74) is 0. The molecule has 0 heterocycles. The zero-order valence-electron chi connectivity index (χ0n) is 15.2. The van der Waals surface area contributed by atoms with Crippen LogP contribution in [0.25, 0.3) is 0 Å². The van der Waals surface area contributed by atoms with E-state index in [2.05, 4.69) is 43.8 Å². The molecule has 0 rings (SSSR count). The van der Waals surface area contributed by atoms with Crippen molar-refractivity contribution in [3.05, 3.63) is 0 Å². The quantitative estimate of drug-likeness (QED) is 0.408. The first-order chi connectivity index (χ1) is 10.9. The molecule has 1 atom stereocenters. The van der Waals surface area contributed by atoms with Gasteiger partial charge in [0.25, 0.3) is 8.53 Å². The molecule has 23 heavy (non-hydrogen) atoms. The van der Waals surface area contributed by atoms with E-state index in [4.69, 9.17) is 14.3 Å². The van der Waals surface area contributed by atoms with E-state index < -0.39 is 8.53 Å². The molecule has 0 saturated carbocycles. The van der Waals surface area contributed by atoms with Crippen LogP contribution in [0.2, 0.25) is 0 Å². The van der Waals surface area contributed by atoms with Crippen molar-refractivity contribution in [2.45, 2.75) is 71.9 Å². The zero-order valence-corrected chi connectivity index (χ0v) is 16.1. The summed E-state index contributed by atoms with van der Waals surface area (Å²) in [4.78, 5) is 11.1. The summed E-state index contributed by atoms with van der Waals surface area (Å²) in [5.74, 6) is 0.0822. The lowest BCUT2D eigenvalue weighted by molar-refractivity contribution is -0.120. The third-order valence-electron chi connectivity index (χ3n) is 3.19. The maximum absolute atomic E-state index is 11.1. The van der Waals surface area contributed by atoms with Crippen molar-refractivity contribution in [1.82, 2.24) is 9.99 Å². The second kappa shape index (κ2) is 13.7. The lowest BCUT2D eigenvalue weighted by Crippen LogP contribution is -2.33. The van der Waals surface area contributed by atoms with Gasteiger partial charge in [-0.1, -0.05) is 6.42 Å². The standard InChI is InChI=1S/C16H32N3O3P/c1-14(2)19(15(3)4)23(22-13-9-11-17)21-12-8-6-7-10-16(20)18-5/h14-15H,6-10,12-13H2,1-5H3,(H,18,20). The minimum Gasteiger partial charge on any atom is -0.359 e. The number of carbonyl (C=O) groups excluding carboxylic acids is 1. The van der Waals surface area contributed by atoms with Crippen molar-refractivity contribution in [1.29, 1.82) is 5.26 Å². The normalized spacial score (nSPS) is 12.7. The van der Waals surface area contributed by atoms with Gasteiger partial charge in [-0.2, -0.15) is 5.26 Å². The third kappa shape index (κ3) is 10.6. The average Bonchev–Trinajstić information content (AvgIpc) is 2.49. The number of unbranched alkanes of at least 4 members (excludes halogenated alkanes) is 2. The fourth-order valence-corrected chi connectivity index (χ4v) is 3.77. The SMILES string of the molecule is CNC(=O)CCCCCOP(OCCC#N)N(C(C)C)C(C)C. The Labute approximate surface area is 142 Å². The van der Waals surface area contributed by atoms with E-state index in [1.807, 2.05) is 0 Å². The predicted molar refractivity (Wildman–Crippen MR) is 93.7 cm³/mol. The molecule has 0 spiro atoms. The Kier molecular flexibility index (Phi) is 13.3. The molecular weight excluding hydrogens is 313 g/mol. The smallest absolute Gasteiger partial charge is 0.259 e. The van der Waals surface area contributed by atoms with E-state index in [1.54, 1.807) is 7.05 Å². The number of amides is 1. The fraction of sp³-hybridized carbons (Fsp3) is 0.875. The summed E-state index contributed by atoms with van der Waals surface area (Å²) < 4.78 is 14.0. The molecule has 6 nitrogen and oxygen atoms in total. The van der Waals surface area contributed by atoms with Crippen molar-refractivity contribution in [2.75, 3.05) is 20.3 Å². The number of nitrogens with zero attached hydrogens (tertiary/aromatic N) is 2. The van der Waals surface area contributed by atoms with Gasteiger partial charge >= 0.3 is 0 Å². The van der Waals surface area contributed by atoms with E-state index in [0.717, 1.165) is 19.3 Å².